The number of rotatable bonds is 2. The van der Waals surface area contributed by atoms with Crippen LogP contribution in [0.4, 0.5) is 4.39 Å². The normalized spacial score (nSPS) is 10.1. The molecule has 2 aromatic rings. The first-order chi connectivity index (χ1) is 7.74. The lowest BCUT2D eigenvalue weighted by molar-refractivity contribution is 0.112. The fraction of sp³-hybridized carbons (Fsp3) is 0.0769. The molecule has 0 spiro atoms. The number of carbonyl (C=O) groups excluding carboxylic acids is 1. The summed E-state index contributed by atoms with van der Waals surface area (Å²) in [5.41, 5.74) is 1.93. The van der Waals surface area contributed by atoms with E-state index in [0.29, 0.717) is 17.4 Å². The maximum Gasteiger partial charge on any atom is 0.153 e. The number of halogens is 1. The van der Waals surface area contributed by atoms with Crippen molar-refractivity contribution in [2.45, 2.75) is 6.92 Å². The van der Waals surface area contributed by atoms with Gasteiger partial charge in [0.05, 0.1) is 5.56 Å². The molecule has 0 bridgehead atoms. The molecule has 0 fully saturated rings. The van der Waals surface area contributed by atoms with Crippen molar-refractivity contribution in [1.82, 2.24) is 4.98 Å². The smallest absolute Gasteiger partial charge is 0.153 e. The molecule has 2 nitrogen and oxygen atoms in total. The number of pyridine rings is 1. The first-order valence-electron chi connectivity index (χ1n) is 4.89. The Morgan fingerprint density at radius 3 is 2.62 bits per heavy atom. The Kier molecular flexibility index (Phi) is 2.77. The summed E-state index contributed by atoms with van der Waals surface area (Å²) in [6.45, 7) is 1.81. The van der Waals surface area contributed by atoms with Crippen LogP contribution < -0.4 is 0 Å². The van der Waals surface area contributed by atoms with E-state index in [2.05, 4.69) is 4.98 Å². The predicted molar refractivity (Wildman–Crippen MR) is 59.8 cm³/mol. The highest BCUT2D eigenvalue weighted by Gasteiger charge is 2.10. The second-order valence-electron chi connectivity index (χ2n) is 3.46. The molecule has 0 atom stereocenters. The van der Waals surface area contributed by atoms with Gasteiger partial charge in [0, 0.05) is 23.0 Å². The van der Waals surface area contributed by atoms with Gasteiger partial charge in [-0.05, 0) is 19.1 Å². The third kappa shape index (κ3) is 1.72. The Balaban J connectivity index is 2.65. The molecule has 80 valence electrons. The molecular weight excluding hydrogens is 205 g/mol. The monoisotopic (exact) mass is 215 g/mol. The summed E-state index contributed by atoms with van der Waals surface area (Å²) in [6.07, 6.45) is 2.17. The van der Waals surface area contributed by atoms with E-state index < -0.39 is 5.82 Å². The largest absolute Gasteiger partial charge is 0.298 e. The Labute approximate surface area is 92.8 Å². The number of aromatic nitrogens is 1. The number of carbonyl (C=O) groups is 1. The highest BCUT2D eigenvalue weighted by molar-refractivity contribution is 5.80. The maximum absolute atomic E-state index is 13.9. The molecule has 0 amide bonds. The molecule has 0 saturated carbocycles. The molecule has 2 rings (SSSR count). The summed E-state index contributed by atoms with van der Waals surface area (Å²) < 4.78 is 13.9. The fourth-order valence-corrected chi connectivity index (χ4v) is 1.62. The Bertz CT molecular complexity index is 537. The molecule has 0 aliphatic rings. The molecular formula is C13H10FNO. The zero-order valence-corrected chi connectivity index (χ0v) is 8.77. The van der Waals surface area contributed by atoms with Crippen molar-refractivity contribution in [2.75, 3.05) is 0 Å². The van der Waals surface area contributed by atoms with Crippen LogP contribution in [-0.4, -0.2) is 11.3 Å². The van der Waals surface area contributed by atoms with Crippen molar-refractivity contribution >= 4 is 6.29 Å². The molecule has 1 aromatic heterocycles. The van der Waals surface area contributed by atoms with Crippen LogP contribution in [0.1, 0.15) is 16.1 Å². The van der Waals surface area contributed by atoms with Crippen molar-refractivity contribution in [1.29, 1.82) is 0 Å². The van der Waals surface area contributed by atoms with E-state index in [0.717, 1.165) is 5.69 Å². The zero-order chi connectivity index (χ0) is 11.5. The lowest BCUT2D eigenvalue weighted by Gasteiger charge is -2.07. The van der Waals surface area contributed by atoms with Crippen molar-refractivity contribution in [3.63, 3.8) is 0 Å². The first-order valence-corrected chi connectivity index (χ1v) is 4.89. The number of aldehydes is 1. The van der Waals surface area contributed by atoms with Gasteiger partial charge in [0.25, 0.3) is 0 Å². The van der Waals surface area contributed by atoms with Crippen molar-refractivity contribution in [2.24, 2.45) is 0 Å². The van der Waals surface area contributed by atoms with Crippen LogP contribution in [0.2, 0.25) is 0 Å². The molecule has 1 heterocycles. The van der Waals surface area contributed by atoms with Gasteiger partial charge < -0.3 is 0 Å². The molecule has 0 N–H and O–H groups in total. The average Bonchev–Trinajstić information content (AvgIpc) is 2.31. The van der Waals surface area contributed by atoms with E-state index in [-0.39, 0.29) is 5.56 Å². The van der Waals surface area contributed by atoms with E-state index in [1.165, 1.54) is 6.07 Å². The van der Waals surface area contributed by atoms with E-state index in [9.17, 15) is 9.18 Å². The van der Waals surface area contributed by atoms with Gasteiger partial charge in [-0.25, -0.2) is 4.39 Å². The van der Waals surface area contributed by atoms with Gasteiger partial charge in [-0.15, -0.1) is 0 Å². The third-order valence-corrected chi connectivity index (χ3v) is 2.45. The van der Waals surface area contributed by atoms with Crippen LogP contribution in [0.3, 0.4) is 0 Å². The number of hydrogen-bond acceptors (Lipinski definition) is 2. The summed E-state index contributed by atoms with van der Waals surface area (Å²) in [7, 11) is 0. The summed E-state index contributed by atoms with van der Waals surface area (Å²) in [5.74, 6) is -0.492. The fourth-order valence-electron chi connectivity index (χ4n) is 1.62. The topological polar surface area (TPSA) is 30.0 Å². The van der Waals surface area contributed by atoms with E-state index in [1.807, 2.05) is 6.92 Å². The molecule has 1 aromatic carbocycles. The van der Waals surface area contributed by atoms with Crippen molar-refractivity contribution < 1.29 is 9.18 Å². The molecule has 3 heteroatoms. The lowest BCUT2D eigenvalue weighted by Crippen LogP contribution is -1.94. The Morgan fingerprint density at radius 2 is 1.94 bits per heavy atom. The summed E-state index contributed by atoms with van der Waals surface area (Å²) in [6, 6.07) is 8.29. The first kappa shape index (κ1) is 10.5. The van der Waals surface area contributed by atoms with Gasteiger partial charge in [-0.1, -0.05) is 18.2 Å². The van der Waals surface area contributed by atoms with E-state index >= 15 is 0 Å². The van der Waals surface area contributed by atoms with Gasteiger partial charge >= 0.3 is 0 Å². The van der Waals surface area contributed by atoms with Crippen molar-refractivity contribution in [3.05, 3.63) is 53.6 Å². The number of hydrogen-bond donors (Lipinski definition) is 0. The SMILES string of the molecule is Cc1ncccc1-c1cccc(C=O)c1F. The average molecular weight is 215 g/mol. The molecule has 0 aliphatic carbocycles. The molecule has 0 radical (unpaired) electrons. The number of nitrogens with zero attached hydrogens (tertiary/aromatic N) is 1. The maximum atomic E-state index is 13.9. The minimum absolute atomic E-state index is 0.0701. The molecule has 16 heavy (non-hydrogen) atoms. The summed E-state index contributed by atoms with van der Waals surface area (Å²) >= 11 is 0. The Morgan fingerprint density at radius 1 is 1.19 bits per heavy atom. The lowest BCUT2D eigenvalue weighted by atomic mass is 10.0. The van der Waals surface area contributed by atoms with Gasteiger partial charge in [0.2, 0.25) is 0 Å². The number of aryl methyl sites for hydroxylation is 1. The summed E-state index contributed by atoms with van der Waals surface area (Å²) in [5, 5.41) is 0. The number of benzene rings is 1. The van der Waals surface area contributed by atoms with Gasteiger partial charge in [-0.3, -0.25) is 9.78 Å². The van der Waals surface area contributed by atoms with E-state index in [4.69, 9.17) is 0 Å². The quantitative estimate of drug-likeness (QED) is 0.721. The highest BCUT2D eigenvalue weighted by Crippen LogP contribution is 2.25. The Hall–Kier alpha value is -2.03. The van der Waals surface area contributed by atoms with Gasteiger partial charge in [0.1, 0.15) is 5.82 Å². The van der Waals surface area contributed by atoms with Gasteiger partial charge in [-0.2, -0.15) is 0 Å². The van der Waals surface area contributed by atoms with Crippen LogP contribution >= 0.6 is 0 Å². The highest BCUT2D eigenvalue weighted by atomic mass is 19.1. The molecule has 0 aliphatic heterocycles. The van der Waals surface area contributed by atoms with Crippen molar-refractivity contribution in [3.8, 4) is 11.1 Å². The molecule has 0 unspecified atom stereocenters. The third-order valence-electron chi connectivity index (χ3n) is 2.45. The van der Waals surface area contributed by atoms with Crippen LogP contribution in [-0.2, 0) is 0 Å². The van der Waals surface area contributed by atoms with Crippen LogP contribution in [0.25, 0.3) is 11.1 Å². The minimum atomic E-state index is -0.492. The van der Waals surface area contributed by atoms with Crippen LogP contribution in [0.5, 0.6) is 0 Å². The van der Waals surface area contributed by atoms with Gasteiger partial charge in [0.15, 0.2) is 6.29 Å². The van der Waals surface area contributed by atoms with Crippen LogP contribution in [0.15, 0.2) is 36.5 Å². The zero-order valence-electron chi connectivity index (χ0n) is 8.77. The van der Waals surface area contributed by atoms with E-state index in [1.54, 1.807) is 30.5 Å². The van der Waals surface area contributed by atoms with Crippen LogP contribution in [0, 0.1) is 12.7 Å². The standard InChI is InChI=1S/C13H10FNO/c1-9-11(6-3-7-15-9)12-5-2-4-10(8-16)13(12)14/h2-8H,1H3. The second kappa shape index (κ2) is 4.23. The second-order valence-corrected chi connectivity index (χ2v) is 3.46. The molecule has 0 saturated heterocycles. The summed E-state index contributed by atoms with van der Waals surface area (Å²) in [4.78, 5) is 14.7. The minimum Gasteiger partial charge on any atom is -0.298 e. The predicted octanol–water partition coefficient (Wildman–Crippen LogP) is 3.01.